The Morgan fingerprint density at radius 2 is 1.59 bits per heavy atom. The number of benzene rings is 3. The maximum Gasteiger partial charge on any atom is 0.379 e. The van der Waals surface area contributed by atoms with E-state index in [1.165, 1.54) is 35.1 Å². The van der Waals surface area contributed by atoms with Crippen molar-refractivity contribution < 1.29 is 24.1 Å². The van der Waals surface area contributed by atoms with Crippen molar-refractivity contribution in [1.29, 1.82) is 0 Å². The molecule has 1 saturated heterocycles. The van der Waals surface area contributed by atoms with Crippen LogP contribution in [0.3, 0.4) is 0 Å². The summed E-state index contributed by atoms with van der Waals surface area (Å²) in [5, 5.41) is 9.54. The number of halogens is 1. The van der Waals surface area contributed by atoms with Crippen LogP contribution in [0.2, 0.25) is 0 Å². The summed E-state index contributed by atoms with van der Waals surface area (Å²) in [4.78, 5) is 54.7. The average molecular weight is 674 g/mol. The number of fused-ring (bicyclic) bond motifs is 1. The third-order valence-corrected chi connectivity index (χ3v) is 9.94. The first-order valence-corrected chi connectivity index (χ1v) is 16.7. The van der Waals surface area contributed by atoms with E-state index in [4.69, 9.17) is 26.3 Å². The van der Waals surface area contributed by atoms with Gasteiger partial charge in [-0.15, -0.1) is 34.7 Å². The fraction of sp³-hybridized carbons (Fsp3) is 0.182. The molecule has 10 nitrogen and oxygen atoms in total. The van der Waals surface area contributed by atoms with Crippen molar-refractivity contribution in [3.05, 3.63) is 130 Å². The fourth-order valence-electron chi connectivity index (χ4n) is 5.44. The summed E-state index contributed by atoms with van der Waals surface area (Å²) in [6.45, 7) is 0. The zero-order valence-corrected chi connectivity index (χ0v) is 26.9. The third kappa shape index (κ3) is 5.98. The number of nitrogens with zero attached hydrogens (tertiary/aromatic N) is 3. The molecule has 0 bridgehead atoms. The average Bonchev–Trinajstić information content (AvgIpc) is 3.56. The monoisotopic (exact) mass is 673 g/mol. The van der Waals surface area contributed by atoms with Gasteiger partial charge in [0, 0.05) is 17.0 Å². The zero-order valence-electron chi connectivity index (χ0n) is 24.5. The molecule has 3 heterocycles. The van der Waals surface area contributed by atoms with Crippen LogP contribution >= 0.6 is 34.7 Å². The number of alkyl halides is 1. The highest BCUT2D eigenvalue weighted by atomic mass is 35.5. The van der Waals surface area contributed by atoms with Crippen LogP contribution in [-0.4, -0.2) is 57.5 Å². The molecule has 2 amide bonds. The molecule has 13 heteroatoms. The predicted octanol–water partition coefficient (Wildman–Crippen LogP) is 5.27. The van der Waals surface area contributed by atoms with Crippen LogP contribution in [0.4, 0.5) is 5.13 Å². The maximum absolute atomic E-state index is 13.3. The highest BCUT2D eigenvalue weighted by molar-refractivity contribution is 8.00. The Kier molecular flexibility index (Phi) is 9.38. The number of hydrogen-bond donors (Lipinski definition) is 2. The molecule has 234 valence electrons. The standard InChI is InChI=1S/C33H28ClN5O5S2/c1-43-37-28(30(41)38-44-31(42)29-21(18-34)19-45-27-17-26(40)39(27)29)25-20-46-32(35-25)36-33(22-11-5-2-6-12-22,23-13-7-3-8-14-23)24-15-9-4-10-16-24/h2-16,20,27H,17-19H2,1H3,(H,35,36)(H,38,41)/b37-28-/t27-/m0/s1. The molecule has 1 aromatic heterocycles. The van der Waals surface area contributed by atoms with Gasteiger partial charge in [0.15, 0.2) is 10.8 Å². The van der Waals surface area contributed by atoms with Crippen LogP contribution in [0.15, 0.2) is 113 Å². The molecule has 46 heavy (non-hydrogen) atoms. The van der Waals surface area contributed by atoms with Gasteiger partial charge < -0.3 is 15.0 Å². The van der Waals surface area contributed by atoms with E-state index >= 15 is 0 Å². The summed E-state index contributed by atoms with van der Waals surface area (Å²) in [7, 11) is 1.29. The zero-order chi connectivity index (χ0) is 32.1. The van der Waals surface area contributed by atoms with Crippen molar-refractivity contribution in [3.8, 4) is 0 Å². The van der Waals surface area contributed by atoms with E-state index in [0.29, 0.717) is 22.9 Å². The van der Waals surface area contributed by atoms with Crippen LogP contribution in [0, 0.1) is 0 Å². The Balaban J connectivity index is 1.28. The summed E-state index contributed by atoms with van der Waals surface area (Å²) in [5.74, 6) is -1.43. The van der Waals surface area contributed by atoms with E-state index in [9.17, 15) is 14.4 Å². The number of hydrogen-bond acceptors (Lipinski definition) is 10. The second kappa shape index (κ2) is 13.8. The highest BCUT2D eigenvalue weighted by Crippen LogP contribution is 2.41. The lowest BCUT2D eigenvalue weighted by Gasteiger charge is -2.44. The lowest BCUT2D eigenvalue weighted by molar-refractivity contribution is -0.157. The van der Waals surface area contributed by atoms with Gasteiger partial charge in [0.2, 0.25) is 5.91 Å². The number of thioether (sulfide) groups is 1. The summed E-state index contributed by atoms with van der Waals surface area (Å²) < 4.78 is 0. The van der Waals surface area contributed by atoms with Crippen molar-refractivity contribution in [2.75, 3.05) is 24.1 Å². The molecule has 1 fully saturated rings. The number of β-lactam (4-membered cyclic amide) rings is 1. The Morgan fingerprint density at radius 1 is 1.00 bits per heavy atom. The molecule has 0 saturated carbocycles. The van der Waals surface area contributed by atoms with Crippen LogP contribution in [-0.2, 0) is 29.6 Å². The van der Waals surface area contributed by atoms with Crippen LogP contribution < -0.4 is 10.8 Å². The van der Waals surface area contributed by atoms with Crippen LogP contribution in [0.5, 0.6) is 0 Å². The number of hydroxylamine groups is 1. The quantitative estimate of drug-likeness (QED) is 0.0768. The molecule has 2 aliphatic heterocycles. The molecular weight excluding hydrogens is 646 g/mol. The number of anilines is 1. The minimum Gasteiger partial charge on any atom is -0.398 e. The number of rotatable bonds is 10. The van der Waals surface area contributed by atoms with Crippen molar-refractivity contribution in [1.82, 2.24) is 15.4 Å². The topological polar surface area (TPSA) is 122 Å². The third-order valence-electron chi connectivity index (χ3n) is 7.58. The SMILES string of the molecule is CO/N=C(\C(=O)NOC(=O)C1=C(CCl)CS[C@H]2CC(=O)N12)c1csc(NC(c2ccccc2)(c2ccccc2)c2ccccc2)n1. The molecule has 0 radical (unpaired) electrons. The first kappa shape index (κ1) is 31.3. The van der Waals surface area contributed by atoms with Crippen molar-refractivity contribution >= 4 is 63.3 Å². The minimum absolute atomic E-state index is 0.0449. The molecule has 0 spiro atoms. The summed E-state index contributed by atoms with van der Waals surface area (Å²) in [5.41, 5.74) is 4.83. The van der Waals surface area contributed by atoms with E-state index in [0.717, 1.165) is 16.7 Å². The van der Waals surface area contributed by atoms with E-state index in [-0.39, 0.29) is 34.3 Å². The van der Waals surface area contributed by atoms with Gasteiger partial charge in [-0.2, -0.15) is 5.48 Å². The Morgan fingerprint density at radius 3 is 2.11 bits per heavy atom. The maximum atomic E-state index is 13.3. The molecule has 6 rings (SSSR count). The number of amides is 2. The van der Waals surface area contributed by atoms with E-state index < -0.39 is 17.4 Å². The van der Waals surface area contributed by atoms with Gasteiger partial charge in [0.1, 0.15) is 24.0 Å². The number of aromatic nitrogens is 1. The normalized spacial score (nSPS) is 16.3. The van der Waals surface area contributed by atoms with Gasteiger partial charge in [-0.1, -0.05) is 96.2 Å². The molecule has 0 aliphatic carbocycles. The van der Waals surface area contributed by atoms with Crippen molar-refractivity contribution in [2.45, 2.75) is 17.3 Å². The molecule has 3 aromatic carbocycles. The van der Waals surface area contributed by atoms with Gasteiger partial charge in [0.25, 0.3) is 0 Å². The molecule has 2 aliphatic rings. The summed E-state index contributed by atoms with van der Waals surface area (Å²) >= 11 is 8.85. The van der Waals surface area contributed by atoms with Crippen LogP contribution in [0.25, 0.3) is 0 Å². The van der Waals surface area contributed by atoms with Gasteiger partial charge in [0.05, 0.1) is 11.8 Å². The van der Waals surface area contributed by atoms with Crippen molar-refractivity contribution in [2.24, 2.45) is 5.16 Å². The summed E-state index contributed by atoms with van der Waals surface area (Å²) in [6, 6.07) is 30.1. The first-order valence-electron chi connectivity index (χ1n) is 14.2. The number of oxime groups is 1. The van der Waals surface area contributed by atoms with Gasteiger partial charge >= 0.3 is 11.9 Å². The lowest BCUT2D eigenvalue weighted by Crippen LogP contribution is -2.54. The Bertz CT molecular complexity index is 1700. The van der Waals surface area contributed by atoms with E-state index in [1.54, 1.807) is 5.38 Å². The Hall–Kier alpha value is -4.65. The first-order chi connectivity index (χ1) is 22.5. The second-order valence-electron chi connectivity index (χ2n) is 10.3. The van der Waals surface area contributed by atoms with Gasteiger partial charge in [-0.25, -0.2) is 9.78 Å². The Labute approximate surface area is 278 Å². The molecule has 2 N–H and O–H groups in total. The van der Waals surface area contributed by atoms with Crippen LogP contribution in [0.1, 0.15) is 28.8 Å². The largest absolute Gasteiger partial charge is 0.398 e. The molecular formula is C33H28ClN5O5S2. The van der Waals surface area contributed by atoms with Gasteiger partial charge in [-0.3, -0.25) is 14.5 Å². The fourth-order valence-corrected chi connectivity index (χ4v) is 7.78. The predicted molar refractivity (Wildman–Crippen MR) is 178 cm³/mol. The number of nitrogens with one attached hydrogen (secondary N) is 2. The van der Waals surface area contributed by atoms with Gasteiger partial charge in [-0.05, 0) is 22.3 Å². The molecule has 4 aromatic rings. The van der Waals surface area contributed by atoms with E-state index in [2.05, 4.69) is 16.0 Å². The second-order valence-corrected chi connectivity index (χ2v) is 12.6. The number of carbonyl (C=O) groups is 3. The van der Waals surface area contributed by atoms with E-state index in [1.807, 2.05) is 91.0 Å². The minimum atomic E-state index is -0.891. The molecule has 1 atom stereocenters. The highest BCUT2D eigenvalue weighted by Gasteiger charge is 2.46. The number of thiazole rings is 1. The smallest absolute Gasteiger partial charge is 0.379 e. The summed E-state index contributed by atoms with van der Waals surface area (Å²) in [6.07, 6.45) is 0.328. The lowest BCUT2D eigenvalue weighted by atomic mass is 9.77. The number of carbonyl (C=O) groups excluding carboxylic acids is 3. The van der Waals surface area contributed by atoms with Crippen molar-refractivity contribution in [3.63, 3.8) is 0 Å². The molecule has 0 unspecified atom stereocenters.